The number of ether oxygens (including phenoxy) is 1. The number of carboxylic acids is 1. The summed E-state index contributed by atoms with van der Waals surface area (Å²) in [6.45, 7) is 2.08. The molecule has 20 heavy (non-hydrogen) atoms. The van der Waals surface area contributed by atoms with E-state index in [0.717, 1.165) is 16.0 Å². The van der Waals surface area contributed by atoms with Crippen LogP contribution in [0.2, 0.25) is 0 Å². The smallest absolute Gasteiger partial charge is 0.306 e. The van der Waals surface area contributed by atoms with Crippen molar-refractivity contribution >= 4 is 17.3 Å². The van der Waals surface area contributed by atoms with Gasteiger partial charge >= 0.3 is 5.97 Å². The van der Waals surface area contributed by atoms with Crippen LogP contribution in [0.15, 0.2) is 29.6 Å². The molecule has 102 valence electrons. The van der Waals surface area contributed by atoms with Crippen LogP contribution in [0.25, 0.3) is 10.4 Å². The predicted octanol–water partition coefficient (Wildman–Crippen LogP) is 3.45. The SMILES string of the molecule is Cc1ccsc1-c1ccc(C#N)c(OCCC(=O)O)c1. The van der Waals surface area contributed by atoms with Gasteiger partial charge in [0.05, 0.1) is 18.6 Å². The average molecular weight is 287 g/mol. The molecule has 2 aromatic rings. The molecular formula is C15H13NO3S. The first-order valence-electron chi connectivity index (χ1n) is 6.05. The van der Waals surface area contributed by atoms with E-state index in [0.29, 0.717) is 11.3 Å². The van der Waals surface area contributed by atoms with Crippen LogP contribution in [0.1, 0.15) is 17.5 Å². The van der Waals surface area contributed by atoms with E-state index in [1.54, 1.807) is 23.5 Å². The normalized spacial score (nSPS) is 10.0. The Hall–Kier alpha value is -2.32. The topological polar surface area (TPSA) is 70.3 Å². The number of aliphatic carboxylic acids is 1. The van der Waals surface area contributed by atoms with Crippen molar-refractivity contribution in [2.24, 2.45) is 0 Å². The summed E-state index contributed by atoms with van der Waals surface area (Å²) in [5.41, 5.74) is 2.55. The van der Waals surface area contributed by atoms with Crippen molar-refractivity contribution in [2.45, 2.75) is 13.3 Å². The van der Waals surface area contributed by atoms with E-state index < -0.39 is 5.97 Å². The van der Waals surface area contributed by atoms with Crippen LogP contribution >= 0.6 is 11.3 Å². The second kappa shape index (κ2) is 6.22. The highest BCUT2D eigenvalue weighted by atomic mass is 32.1. The van der Waals surface area contributed by atoms with Gasteiger partial charge in [0.15, 0.2) is 0 Å². The van der Waals surface area contributed by atoms with Crippen LogP contribution in [-0.4, -0.2) is 17.7 Å². The van der Waals surface area contributed by atoms with Crippen LogP contribution in [0.3, 0.4) is 0 Å². The average Bonchev–Trinajstić information content (AvgIpc) is 2.84. The molecule has 0 unspecified atom stereocenters. The van der Waals surface area contributed by atoms with Crippen molar-refractivity contribution < 1.29 is 14.6 Å². The standard InChI is InChI=1S/C15H13NO3S/c1-10-5-7-20-15(10)11-2-3-12(9-16)13(8-11)19-6-4-14(17)18/h2-3,5,7-8H,4,6H2,1H3,(H,17,18). The molecule has 0 fully saturated rings. The molecule has 4 nitrogen and oxygen atoms in total. The highest BCUT2D eigenvalue weighted by Crippen LogP contribution is 2.32. The molecule has 1 aromatic carbocycles. The number of benzene rings is 1. The second-order valence-corrected chi connectivity index (χ2v) is 5.16. The molecule has 0 aliphatic rings. The lowest BCUT2D eigenvalue weighted by molar-refractivity contribution is -0.137. The first-order valence-corrected chi connectivity index (χ1v) is 6.93. The summed E-state index contributed by atoms with van der Waals surface area (Å²) < 4.78 is 5.42. The van der Waals surface area contributed by atoms with Gasteiger partial charge in [-0.3, -0.25) is 4.79 Å². The van der Waals surface area contributed by atoms with Crippen molar-refractivity contribution in [1.82, 2.24) is 0 Å². The van der Waals surface area contributed by atoms with Gasteiger partial charge in [-0.2, -0.15) is 5.26 Å². The number of hydrogen-bond acceptors (Lipinski definition) is 4. The maximum atomic E-state index is 10.5. The van der Waals surface area contributed by atoms with Crippen molar-refractivity contribution in [2.75, 3.05) is 6.61 Å². The zero-order chi connectivity index (χ0) is 14.5. The molecule has 0 amide bonds. The Labute approximate surface area is 120 Å². The molecule has 2 rings (SSSR count). The summed E-state index contributed by atoms with van der Waals surface area (Å²) in [5, 5.41) is 19.7. The second-order valence-electron chi connectivity index (χ2n) is 4.25. The molecule has 1 N–H and O–H groups in total. The van der Waals surface area contributed by atoms with Crippen molar-refractivity contribution in [1.29, 1.82) is 5.26 Å². The molecule has 0 bridgehead atoms. The van der Waals surface area contributed by atoms with E-state index in [-0.39, 0.29) is 13.0 Å². The number of carboxylic acid groups (broad SMARTS) is 1. The van der Waals surface area contributed by atoms with Gasteiger partial charge in [-0.05, 0) is 41.6 Å². The van der Waals surface area contributed by atoms with Crippen LogP contribution < -0.4 is 4.74 Å². The number of nitrogens with zero attached hydrogens (tertiary/aromatic N) is 1. The minimum atomic E-state index is -0.922. The Morgan fingerprint density at radius 3 is 2.85 bits per heavy atom. The largest absolute Gasteiger partial charge is 0.492 e. The molecule has 0 spiro atoms. The third-order valence-electron chi connectivity index (χ3n) is 2.80. The zero-order valence-corrected chi connectivity index (χ0v) is 11.7. The maximum Gasteiger partial charge on any atom is 0.306 e. The first kappa shape index (κ1) is 14.1. The van der Waals surface area contributed by atoms with E-state index in [1.165, 1.54) is 0 Å². The molecule has 0 atom stereocenters. The third-order valence-corrected chi connectivity index (χ3v) is 3.87. The maximum absolute atomic E-state index is 10.5. The molecule has 0 saturated heterocycles. The van der Waals surface area contributed by atoms with Gasteiger partial charge < -0.3 is 9.84 Å². The minimum Gasteiger partial charge on any atom is -0.492 e. The molecule has 0 saturated carbocycles. The molecule has 0 aliphatic carbocycles. The first-order chi connectivity index (χ1) is 9.61. The lowest BCUT2D eigenvalue weighted by atomic mass is 10.1. The monoisotopic (exact) mass is 287 g/mol. The number of nitriles is 1. The lowest BCUT2D eigenvalue weighted by Gasteiger charge is -2.09. The summed E-state index contributed by atoms with van der Waals surface area (Å²) in [6, 6.07) is 9.45. The van der Waals surface area contributed by atoms with Crippen LogP contribution in [-0.2, 0) is 4.79 Å². The zero-order valence-electron chi connectivity index (χ0n) is 10.9. The van der Waals surface area contributed by atoms with Crippen LogP contribution in [0, 0.1) is 18.3 Å². The van der Waals surface area contributed by atoms with E-state index in [4.69, 9.17) is 15.1 Å². The number of carbonyl (C=O) groups is 1. The number of thiophene rings is 1. The summed E-state index contributed by atoms with van der Waals surface area (Å²) >= 11 is 1.62. The fraction of sp³-hybridized carbons (Fsp3) is 0.200. The highest BCUT2D eigenvalue weighted by Gasteiger charge is 2.09. The highest BCUT2D eigenvalue weighted by molar-refractivity contribution is 7.13. The lowest BCUT2D eigenvalue weighted by Crippen LogP contribution is -2.05. The van der Waals surface area contributed by atoms with Gasteiger partial charge in [-0.15, -0.1) is 11.3 Å². The Kier molecular flexibility index (Phi) is 4.38. The van der Waals surface area contributed by atoms with Gasteiger partial charge in [0.2, 0.25) is 0 Å². The van der Waals surface area contributed by atoms with Crippen molar-refractivity contribution in [3.63, 3.8) is 0 Å². The van der Waals surface area contributed by atoms with E-state index >= 15 is 0 Å². The molecule has 0 aliphatic heterocycles. The van der Waals surface area contributed by atoms with E-state index in [2.05, 4.69) is 6.07 Å². The van der Waals surface area contributed by atoms with Crippen molar-refractivity contribution in [3.05, 3.63) is 40.8 Å². The summed E-state index contributed by atoms with van der Waals surface area (Å²) in [5.74, 6) is -0.493. The summed E-state index contributed by atoms with van der Waals surface area (Å²) in [6.07, 6.45) is -0.0902. The third kappa shape index (κ3) is 3.16. The van der Waals surface area contributed by atoms with Gasteiger partial charge in [-0.1, -0.05) is 6.07 Å². The number of aryl methyl sites for hydroxylation is 1. The minimum absolute atomic E-state index is 0.0525. The fourth-order valence-electron chi connectivity index (χ4n) is 1.79. The predicted molar refractivity (Wildman–Crippen MR) is 77.0 cm³/mol. The Balaban J connectivity index is 2.27. The van der Waals surface area contributed by atoms with E-state index in [1.807, 2.05) is 24.4 Å². The summed E-state index contributed by atoms with van der Waals surface area (Å²) in [7, 11) is 0. The Bertz CT molecular complexity index is 670. The Morgan fingerprint density at radius 2 is 2.25 bits per heavy atom. The number of hydrogen-bond donors (Lipinski definition) is 1. The Morgan fingerprint density at radius 1 is 1.45 bits per heavy atom. The molecule has 5 heteroatoms. The molecule has 1 aromatic heterocycles. The number of rotatable bonds is 5. The van der Waals surface area contributed by atoms with Gasteiger partial charge in [0.25, 0.3) is 0 Å². The van der Waals surface area contributed by atoms with Crippen LogP contribution in [0.4, 0.5) is 0 Å². The van der Waals surface area contributed by atoms with Gasteiger partial charge in [0.1, 0.15) is 11.8 Å². The summed E-state index contributed by atoms with van der Waals surface area (Å²) in [4.78, 5) is 11.6. The van der Waals surface area contributed by atoms with Crippen molar-refractivity contribution in [3.8, 4) is 22.3 Å². The molecule has 0 radical (unpaired) electrons. The fourth-order valence-corrected chi connectivity index (χ4v) is 2.72. The molecular weight excluding hydrogens is 274 g/mol. The van der Waals surface area contributed by atoms with Gasteiger partial charge in [0, 0.05) is 4.88 Å². The van der Waals surface area contributed by atoms with E-state index in [9.17, 15) is 4.79 Å². The van der Waals surface area contributed by atoms with Crippen LogP contribution in [0.5, 0.6) is 5.75 Å². The quantitative estimate of drug-likeness (QED) is 0.914. The molecule has 1 heterocycles. The van der Waals surface area contributed by atoms with Gasteiger partial charge in [-0.25, -0.2) is 0 Å².